The molecule has 2 heterocycles. The van der Waals surface area contributed by atoms with Gasteiger partial charge in [-0.2, -0.15) is 0 Å². The van der Waals surface area contributed by atoms with Crippen molar-refractivity contribution in [1.29, 1.82) is 0 Å². The molecule has 0 aliphatic rings. The van der Waals surface area contributed by atoms with E-state index in [2.05, 4.69) is 9.97 Å². The molecule has 3 aromatic carbocycles. The molecule has 0 amide bonds. The van der Waals surface area contributed by atoms with Crippen molar-refractivity contribution in [3.63, 3.8) is 0 Å². The summed E-state index contributed by atoms with van der Waals surface area (Å²) in [6, 6.07) is 23.3. The van der Waals surface area contributed by atoms with E-state index in [1.165, 1.54) is 0 Å². The summed E-state index contributed by atoms with van der Waals surface area (Å²) >= 11 is 0. The number of hydrogen-bond donors (Lipinski definition) is 0. The van der Waals surface area contributed by atoms with Crippen molar-refractivity contribution < 1.29 is 38.1 Å². The molecule has 0 spiro atoms. The Balaban J connectivity index is 1.49. The van der Waals surface area contributed by atoms with Crippen LogP contribution in [0.15, 0.2) is 72.8 Å². The average molecular weight is 729 g/mol. The number of esters is 4. The summed E-state index contributed by atoms with van der Waals surface area (Å²) in [5, 5.41) is 0. The van der Waals surface area contributed by atoms with Gasteiger partial charge in [-0.1, -0.05) is 72.8 Å². The zero-order chi connectivity index (χ0) is 39.1. The number of rotatable bonds is 12. The summed E-state index contributed by atoms with van der Waals surface area (Å²) in [7, 11) is 0. The van der Waals surface area contributed by atoms with Gasteiger partial charge in [0.1, 0.15) is 0 Å². The number of benzene rings is 3. The lowest BCUT2D eigenvalue weighted by Gasteiger charge is -2.18. The Morgan fingerprint density at radius 3 is 0.741 bits per heavy atom. The van der Waals surface area contributed by atoms with Crippen LogP contribution in [-0.4, -0.2) is 60.3 Å². The number of aromatic nitrogens is 2. The highest BCUT2D eigenvalue weighted by atomic mass is 16.5. The number of ether oxygens (including phenoxy) is 4. The minimum atomic E-state index is -0.555. The Morgan fingerprint density at radius 2 is 0.556 bits per heavy atom. The zero-order valence-corrected chi connectivity index (χ0v) is 31.9. The summed E-state index contributed by atoms with van der Waals surface area (Å²) in [6.45, 7) is 14.5. The minimum Gasteiger partial charge on any atom is -0.462 e. The molecule has 0 fully saturated rings. The van der Waals surface area contributed by atoms with Crippen molar-refractivity contribution in [2.75, 3.05) is 26.4 Å². The first kappa shape index (κ1) is 39.1. The van der Waals surface area contributed by atoms with Gasteiger partial charge in [-0.25, -0.2) is 19.2 Å². The lowest BCUT2D eigenvalue weighted by Crippen LogP contribution is -2.17. The largest absolute Gasteiger partial charge is 0.462 e. The Morgan fingerprint density at radius 1 is 0.370 bits per heavy atom. The van der Waals surface area contributed by atoms with Crippen LogP contribution in [0, 0.1) is 27.7 Å². The molecule has 0 saturated carbocycles. The third-order valence-electron chi connectivity index (χ3n) is 8.93. The molecule has 0 unspecified atom stereocenters. The van der Waals surface area contributed by atoms with Crippen LogP contribution < -0.4 is 0 Å². The van der Waals surface area contributed by atoms with Gasteiger partial charge >= 0.3 is 23.9 Å². The standard InChI is InChI=1S/C44H44N2O8/c1-9-51-41(47)35-25(5)45-26(6)36(42(48)52-10-2)39(35)33-21-17-31(18-22-33)29-13-15-30(16-14-29)32-19-23-34(24-20-32)40-37(43(49)53-11-3)27(7)46-28(8)38(40)44(50)54-12-4/h13-24H,9-12H2,1-8H3. The van der Waals surface area contributed by atoms with Crippen LogP contribution in [-0.2, 0) is 18.9 Å². The van der Waals surface area contributed by atoms with E-state index in [0.29, 0.717) is 45.0 Å². The summed E-state index contributed by atoms with van der Waals surface area (Å²) in [4.78, 5) is 61.5. The molecule has 0 aliphatic carbocycles. The van der Waals surface area contributed by atoms with Gasteiger partial charge < -0.3 is 18.9 Å². The molecule has 0 bridgehead atoms. The summed E-state index contributed by atoms with van der Waals surface area (Å²) in [5.74, 6) is -2.22. The second-order valence-electron chi connectivity index (χ2n) is 12.4. The normalized spacial score (nSPS) is 10.8. The van der Waals surface area contributed by atoms with E-state index in [1.54, 1.807) is 55.4 Å². The fourth-order valence-electron chi connectivity index (χ4n) is 6.60. The maximum atomic E-state index is 13.1. The first-order valence-corrected chi connectivity index (χ1v) is 18.0. The fourth-order valence-corrected chi connectivity index (χ4v) is 6.60. The van der Waals surface area contributed by atoms with Gasteiger partial charge in [0.2, 0.25) is 0 Å². The highest BCUT2D eigenvalue weighted by Crippen LogP contribution is 2.36. The lowest BCUT2D eigenvalue weighted by molar-refractivity contribution is 0.0505. The quantitative estimate of drug-likeness (QED) is 0.0906. The lowest BCUT2D eigenvalue weighted by atomic mass is 9.90. The topological polar surface area (TPSA) is 131 Å². The van der Waals surface area contributed by atoms with Crippen molar-refractivity contribution in [1.82, 2.24) is 9.97 Å². The highest BCUT2D eigenvalue weighted by molar-refractivity contribution is 6.08. The number of hydrogen-bond acceptors (Lipinski definition) is 10. The maximum absolute atomic E-state index is 13.1. The van der Waals surface area contributed by atoms with Crippen molar-refractivity contribution in [3.05, 3.63) is 118 Å². The average Bonchev–Trinajstić information content (AvgIpc) is 3.14. The first-order valence-electron chi connectivity index (χ1n) is 18.0. The van der Waals surface area contributed by atoms with Crippen molar-refractivity contribution in [3.8, 4) is 44.5 Å². The van der Waals surface area contributed by atoms with E-state index < -0.39 is 23.9 Å². The van der Waals surface area contributed by atoms with Gasteiger partial charge in [0.25, 0.3) is 0 Å². The summed E-state index contributed by atoms with van der Waals surface area (Å²) < 4.78 is 21.4. The smallest absolute Gasteiger partial charge is 0.340 e. The Kier molecular flexibility index (Phi) is 12.4. The van der Waals surface area contributed by atoms with E-state index in [0.717, 1.165) is 22.3 Å². The van der Waals surface area contributed by atoms with Gasteiger partial charge in [-0.05, 0) is 88.8 Å². The van der Waals surface area contributed by atoms with Crippen LogP contribution in [0.4, 0.5) is 0 Å². The zero-order valence-electron chi connectivity index (χ0n) is 31.9. The molecule has 5 rings (SSSR count). The molecule has 10 nitrogen and oxygen atoms in total. The Hall–Kier alpha value is -6.16. The number of nitrogens with zero attached hydrogens (tertiary/aromatic N) is 2. The van der Waals surface area contributed by atoms with E-state index >= 15 is 0 Å². The number of carbonyl (C=O) groups excluding carboxylic acids is 4. The second-order valence-corrected chi connectivity index (χ2v) is 12.4. The van der Waals surface area contributed by atoms with Gasteiger partial charge in [0, 0.05) is 11.1 Å². The van der Waals surface area contributed by atoms with Crippen LogP contribution in [0.5, 0.6) is 0 Å². The molecule has 0 aliphatic heterocycles. The Labute approximate surface area is 315 Å². The van der Waals surface area contributed by atoms with E-state index in [1.807, 2.05) is 72.8 Å². The highest BCUT2D eigenvalue weighted by Gasteiger charge is 2.29. The van der Waals surface area contributed by atoms with Crippen LogP contribution in [0.1, 0.15) is 91.9 Å². The SMILES string of the molecule is CCOC(=O)c1c(C)nc(C)c(C(=O)OCC)c1-c1ccc(-c2ccc(-c3ccc(-c4c(C(=O)OCC)c(C)nc(C)c4C(=O)OCC)cc3)cc2)cc1. The third-order valence-corrected chi connectivity index (χ3v) is 8.93. The molecule has 0 N–H and O–H groups in total. The predicted octanol–water partition coefficient (Wildman–Crippen LogP) is 9.09. The summed E-state index contributed by atoms with van der Waals surface area (Å²) in [6.07, 6.45) is 0. The molecular weight excluding hydrogens is 684 g/mol. The van der Waals surface area contributed by atoms with Gasteiger partial charge in [-0.3, -0.25) is 9.97 Å². The molecule has 2 aromatic heterocycles. The molecule has 54 heavy (non-hydrogen) atoms. The van der Waals surface area contributed by atoms with Crippen LogP contribution in [0.2, 0.25) is 0 Å². The van der Waals surface area contributed by atoms with Crippen LogP contribution in [0.3, 0.4) is 0 Å². The van der Waals surface area contributed by atoms with Crippen molar-refractivity contribution in [2.24, 2.45) is 0 Å². The van der Waals surface area contributed by atoms with Gasteiger partial charge in [0.15, 0.2) is 0 Å². The molecule has 5 aromatic rings. The number of carbonyl (C=O) groups is 4. The first-order chi connectivity index (χ1) is 25.9. The van der Waals surface area contributed by atoms with Crippen molar-refractivity contribution >= 4 is 23.9 Å². The number of aryl methyl sites for hydroxylation is 4. The van der Waals surface area contributed by atoms with Crippen molar-refractivity contribution in [2.45, 2.75) is 55.4 Å². The van der Waals surface area contributed by atoms with E-state index in [4.69, 9.17) is 18.9 Å². The molecule has 0 atom stereocenters. The maximum Gasteiger partial charge on any atom is 0.340 e. The van der Waals surface area contributed by atoms with E-state index in [-0.39, 0.29) is 48.7 Å². The minimum absolute atomic E-state index is 0.177. The second kappa shape index (κ2) is 17.1. The van der Waals surface area contributed by atoms with Crippen LogP contribution in [0.25, 0.3) is 44.5 Å². The number of pyridine rings is 2. The molecular formula is C44H44N2O8. The monoisotopic (exact) mass is 728 g/mol. The predicted molar refractivity (Wildman–Crippen MR) is 207 cm³/mol. The third kappa shape index (κ3) is 7.93. The molecule has 0 radical (unpaired) electrons. The molecule has 10 heteroatoms. The van der Waals surface area contributed by atoms with Gasteiger partial charge in [-0.15, -0.1) is 0 Å². The summed E-state index contributed by atoms with van der Waals surface area (Å²) in [5.41, 5.74) is 8.76. The molecule has 0 saturated heterocycles. The van der Waals surface area contributed by atoms with Crippen LogP contribution >= 0.6 is 0 Å². The Bertz CT molecular complexity index is 1960. The fraction of sp³-hybridized carbons (Fsp3) is 0.273. The van der Waals surface area contributed by atoms with E-state index in [9.17, 15) is 19.2 Å². The molecule has 278 valence electrons. The van der Waals surface area contributed by atoms with Gasteiger partial charge in [0.05, 0.1) is 71.5 Å².